The van der Waals surface area contributed by atoms with Gasteiger partial charge in [0.2, 0.25) is 0 Å². The molecular formula is C13H19ClN2O2. The number of rotatable bonds is 6. The maximum atomic E-state index is 7.47. The lowest BCUT2D eigenvalue weighted by atomic mass is 10.1. The van der Waals surface area contributed by atoms with Crippen molar-refractivity contribution in [1.82, 2.24) is 0 Å². The number of benzene rings is 1. The third-order valence-electron chi connectivity index (χ3n) is 2.75. The van der Waals surface area contributed by atoms with Gasteiger partial charge in [-0.2, -0.15) is 0 Å². The summed E-state index contributed by atoms with van der Waals surface area (Å²) in [7, 11) is 1.67. The smallest absolute Gasteiger partial charge is 0.131 e. The van der Waals surface area contributed by atoms with Crippen molar-refractivity contribution in [2.45, 2.75) is 25.9 Å². The summed E-state index contributed by atoms with van der Waals surface area (Å²) in [5.41, 5.74) is 5.79. The Morgan fingerprint density at radius 1 is 1.44 bits per heavy atom. The summed E-state index contributed by atoms with van der Waals surface area (Å²) >= 11 is 5.90. The summed E-state index contributed by atoms with van der Waals surface area (Å²) in [5.74, 6) is 0.495. The molecule has 0 unspecified atom stereocenters. The first-order valence-corrected chi connectivity index (χ1v) is 6.05. The highest BCUT2D eigenvalue weighted by molar-refractivity contribution is 6.30. The molecule has 0 spiro atoms. The van der Waals surface area contributed by atoms with Gasteiger partial charge in [0, 0.05) is 18.6 Å². The molecule has 5 heteroatoms. The van der Waals surface area contributed by atoms with Crippen LogP contribution >= 0.6 is 11.6 Å². The van der Waals surface area contributed by atoms with E-state index < -0.39 is 0 Å². The van der Waals surface area contributed by atoms with E-state index in [-0.39, 0.29) is 11.4 Å². The maximum absolute atomic E-state index is 7.47. The van der Waals surface area contributed by atoms with E-state index in [1.165, 1.54) is 0 Å². The lowest BCUT2D eigenvalue weighted by molar-refractivity contribution is 0.00544. The normalized spacial score (nSPS) is 11.3. The molecule has 100 valence electrons. The summed E-state index contributed by atoms with van der Waals surface area (Å²) in [6.07, 6.45) is 0.730. The fourth-order valence-electron chi connectivity index (χ4n) is 1.35. The molecule has 0 aromatic heterocycles. The number of methoxy groups -OCH3 is 1. The van der Waals surface area contributed by atoms with Gasteiger partial charge in [0.25, 0.3) is 0 Å². The van der Waals surface area contributed by atoms with Gasteiger partial charge in [0.05, 0.1) is 17.8 Å². The maximum Gasteiger partial charge on any atom is 0.131 e. The second-order valence-electron chi connectivity index (χ2n) is 4.62. The summed E-state index contributed by atoms with van der Waals surface area (Å²) in [4.78, 5) is 0. The monoisotopic (exact) mass is 270 g/mol. The Bertz CT molecular complexity index is 433. The molecule has 1 aromatic rings. The number of halogens is 1. The molecule has 18 heavy (non-hydrogen) atoms. The summed E-state index contributed by atoms with van der Waals surface area (Å²) in [6, 6.07) is 5.03. The highest BCUT2D eigenvalue weighted by Gasteiger charge is 2.16. The molecular weight excluding hydrogens is 252 g/mol. The Hall–Kier alpha value is -1.26. The van der Waals surface area contributed by atoms with Crippen molar-refractivity contribution in [2.75, 3.05) is 13.7 Å². The minimum Gasteiger partial charge on any atom is -0.493 e. The van der Waals surface area contributed by atoms with E-state index in [0.29, 0.717) is 22.9 Å². The van der Waals surface area contributed by atoms with E-state index in [0.717, 1.165) is 6.42 Å². The number of nitrogen functional groups attached to an aromatic ring is 1. The number of ether oxygens (including phenoxy) is 2. The van der Waals surface area contributed by atoms with Crippen LogP contribution in [0.25, 0.3) is 0 Å². The molecule has 1 rings (SSSR count). The summed E-state index contributed by atoms with van der Waals surface area (Å²) < 4.78 is 10.9. The number of nitrogens with two attached hydrogens (primary N) is 1. The largest absolute Gasteiger partial charge is 0.493 e. The quantitative estimate of drug-likeness (QED) is 0.617. The molecule has 0 fully saturated rings. The van der Waals surface area contributed by atoms with E-state index in [2.05, 4.69) is 0 Å². The molecule has 3 N–H and O–H groups in total. The van der Waals surface area contributed by atoms with E-state index in [1.807, 2.05) is 13.8 Å². The Morgan fingerprint density at radius 2 is 2.11 bits per heavy atom. The van der Waals surface area contributed by atoms with Crippen LogP contribution in [-0.2, 0) is 4.74 Å². The molecule has 0 saturated heterocycles. The number of nitrogens with one attached hydrogen (secondary N) is 1. The van der Waals surface area contributed by atoms with E-state index in [9.17, 15) is 0 Å². The third kappa shape index (κ3) is 4.20. The first-order chi connectivity index (χ1) is 8.35. The van der Waals surface area contributed by atoms with Crippen molar-refractivity contribution in [3.63, 3.8) is 0 Å². The van der Waals surface area contributed by atoms with E-state index in [1.54, 1.807) is 25.3 Å². The van der Waals surface area contributed by atoms with Crippen LogP contribution in [0.1, 0.15) is 25.8 Å². The van der Waals surface area contributed by atoms with Crippen LogP contribution in [0.2, 0.25) is 5.02 Å². The number of hydrogen-bond donors (Lipinski definition) is 2. The topological polar surface area (TPSA) is 68.3 Å². The first kappa shape index (κ1) is 14.8. The van der Waals surface area contributed by atoms with E-state index >= 15 is 0 Å². The van der Waals surface area contributed by atoms with Gasteiger partial charge in [-0.05, 0) is 32.0 Å². The van der Waals surface area contributed by atoms with Crippen LogP contribution in [0.3, 0.4) is 0 Å². The van der Waals surface area contributed by atoms with Gasteiger partial charge in [0.15, 0.2) is 0 Å². The molecule has 0 aliphatic rings. The SMILES string of the molecule is COC(C)(C)CCOc1cc(Cl)ccc1C(=N)N. The standard InChI is InChI=1S/C13H19ClN2O2/c1-13(2,17-3)6-7-18-11-8-9(14)4-5-10(11)12(15)16/h4-5,8H,6-7H2,1-3H3,(H3,15,16). The molecule has 1 aromatic carbocycles. The van der Waals surface area contributed by atoms with Crippen molar-refractivity contribution in [2.24, 2.45) is 5.73 Å². The zero-order chi connectivity index (χ0) is 13.8. The van der Waals surface area contributed by atoms with Crippen molar-refractivity contribution in [1.29, 1.82) is 5.41 Å². The third-order valence-corrected chi connectivity index (χ3v) is 2.98. The zero-order valence-electron chi connectivity index (χ0n) is 10.9. The minimum absolute atomic E-state index is 0.0346. The lowest BCUT2D eigenvalue weighted by Gasteiger charge is -2.23. The fourth-order valence-corrected chi connectivity index (χ4v) is 1.51. The molecule has 0 amide bonds. The summed E-state index contributed by atoms with van der Waals surface area (Å²) in [5, 5.41) is 8.03. The Labute approximate surface area is 113 Å². The molecule has 0 bridgehead atoms. The average molecular weight is 271 g/mol. The second-order valence-corrected chi connectivity index (χ2v) is 5.05. The van der Waals surface area contributed by atoms with Gasteiger partial charge in [-0.15, -0.1) is 0 Å². The average Bonchev–Trinajstić information content (AvgIpc) is 2.28. The van der Waals surface area contributed by atoms with Gasteiger partial charge in [-0.1, -0.05) is 11.6 Å². The molecule has 0 radical (unpaired) electrons. The van der Waals surface area contributed by atoms with Crippen LogP contribution < -0.4 is 10.5 Å². The van der Waals surface area contributed by atoms with Crippen molar-refractivity contribution >= 4 is 17.4 Å². The van der Waals surface area contributed by atoms with Gasteiger partial charge >= 0.3 is 0 Å². The predicted octanol–water partition coefficient (Wildman–Crippen LogP) is 2.82. The predicted molar refractivity (Wildman–Crippen MR) is 73.7 cm³/mol. The highest BCUT2D eigenvalue weighted by atomic mass is 35.5. The van der Waals surface area contributed by atoms with Gasteiger partial charge in [0.1, 0.15) is 11.6 Å². The van der Waals surface area contributed by atoms with E-state index in [4.69, 9.17) is 32.2 Å². The van der Waals surface area contributed by atoms with Gasteiger partial charge < -0.3 is 15.2 Å². The van der Waals surface area contributed by atoms with Crippen molar-refractivity contribution < 1.29 is 9.47 Å². The van der Waals surface area contributed by atoms with Gasteiger partial charge in [-0.3, -0.25) is 5.41 Å². The Balaban J connectivity index is 2.72. The lowest BCUT2D eigenvalue weighted by Crippen LogP contribution is -2.25. The van der Waals surface area contributed by atoms with Crippen molar-refractivity contribution in [3.8, 4) is 5.75 Å². The van der Waals surface area contributed by atoms with Gasteiger partial charge in [-0.25, -0.2) is 0 Å². The van der Waals surface area contributed by atoms with Crippen LogP contribution in [0, 0.1) is 5.41 Å². The Morgan fingerprint density at radius 3 is 2.67 bits per heavy atom. The minimum atomic E-state index is -0.241. The van der Waals surface area contributed by atoms with Crippen LogP contribution in [0.4, 0.5) is 0 Å². The first-order valence-electron chi connectivity index (χ1n) is 5.67. The van der Waals surface area contributed by atoms with Crippen molar-refractivity contribution in [3.05, 3.63) is 28.8 Å². The summed E-state index contributed by atoms with van der Waals surface area (Å²) in [6.45, 7) is 4.45. The highest BCUT2D eigenvalue weighted by Crippen LogP contribution is 2.24. The molecule has 0 atom stereocenters. The number of hydrogen-bond acceptors (Lipinski definition) is 3. The molecule has 0 saturated carbocycles. The fraction of sp³-hybridized carbons (Fsp3) is 0.462. The second kappa shape index (κ2) is 6.07. The van der Waals surface area contributed by atoms with Crippen LogP contribution in [-0.4, -0.2) is 25.2 Å². The Kier molecular flexibility index (Phi) is 4.99. The number of amidine groups is 1. The van der Waals surface area contributed by atoms with Crippen LogP contribution in [0.5, 0.6) is 5.75 Å². The zero-order valence-corrected chi connectivity index (χ0v) is 11.7. The molecule has 4 nitrogen and oxygen atoms in total. The molecule has 0 aliphatic heterocycles. The molecule has 0 heterocycles. The van der Waals surface area contributed by atoms with Crippen LogP contribution in [0.15, 0.2) is 18.2 Å². The molecule has 0 aliphatic carbocycles.